The number of carbonyl (C=O) groups is 3. The summed E-state index contributed by atoms with van der Waals surface area (Å²) in [4.78, 5) is 41.6. The van der Waals surface area contributed by atoms with E-state index < -0.39 is 11.9 Å². The van der Waals surface area contributed by atoms with Gasteiger partial charge < -0.3 is 24.3 Å². The summed E-state index contributed by atoms with van der Waals surface area (Å²) in [5.74, 6) is -0.242. The molecule has 2 saturated heterocycles. The first-order valence-electron chi connectivity index (χ1n) is 9.97. The van der Waals surface area contributed by atoms with Crippen LogP contribution in [0.1, 0.15) is 37.2 Å². The van der Waals surface area contributed by atoms with Gasteiger partial charge in [0, 0.05) is 32.1 Å². The van der Waals surface area contributed by atoms with E-state index in [2.05, 4.69) is 5.32 Å². The first-order chi connectivity index (χ1) is 13.5. The fraction of sp³-hybridized carbons (Fsp3) is 0.650. The minimum atomic E-state index is -0.621. The Labute approximate surface area is 165 Å². The summed E-state index contributed by atoms with van der Waals surface area (Å²) in [5, 5.41) is 2.79. The standard InChI is InChI=1S/C20H29N3O5/c1-14(2)17(21-18(24)16-4-3-11-28-16)20(26)22-7-5-15(6-8-22)19(25)23-9-12-27-13-10-23/h3-4,11,14-15,17H,5-10,12-13H2,1-2H3,(H,21,24). The zero-order valence-corrected chi connectivity index (χ0v) is 16.6. The van der Waals surface area contributed by atoms with Crippen molar-refractivity contribution >= 4 is 17.7 Å². The lowest BCUT2D eigenvalue weighted by Gasteiger charge is -2.37. The number of carbonyl (C=O) groups excluding carboxylic acids is 3. The fourth-order valence-electron chi connectivity index (χ4n) is 3.72. The molecule has 0 aromatic carbocycles. The van der Waals surface area contributed by atoms with Crippen LogP contribution in [-0.4, -0.2) is 73.0 Å². The van der Waals surface area contributed by atoms with Crippen molar-refractivity contribution in [3.05, 3.63) is 24.2 Å². The molecule has 1 atom stereocenters. The van der Waals surface area contributed by atoms with Crippen molar-refractivity contribution in [2.75, 3.05) is 39.4 Å². The average molecular weight is 391 g/mol. The third kappa shape index (κ3) is 4.73. The van der Waals surface area contributed by atoms with Gasteiger partial charge in [0.2, 0.25) is 11.8 Å². The van der Waals surface area contributed by atoms with Crippen molar-refractivity contribution in [2.24, 2.45) is 11.8 Å². The van der Waals surface area contributed by atoms with Crippen LogP contribution in [0.4, 0.5) is 0 Å². The Balaban J connectivity index is 1.54. The summed E-state index contributed by atoms with van der Waals surface area (Å²) in [7, 11) is 0. The van der Waals surface area contributed by atoms with Gasteiger partial charge in [0.1, 0.15) is 6.04 Å². The number of hydrogen-bond donors (Lipinski definition) is 1. The number of amides is 3. The van der Waals surface area contributed by atoms with Crippen molar-refractivity contribution in [1.29, 1.82) is 0 Å². The molecule has 3 amide bonds. The van der Waals surface area contributed by atoms with E-state index in [9.17, 15) is 14.4 Å². The topological polar surface area (TPSA) is 92.1 Å². The molecule has 1 aromatic rings. The number of nitrogens with zero attached hydrogens (tertiary/aromatic N) is 2. The second kappa shape index (κ2) is 9.23. The molecule has 0 radical (unpaired) electrons. The Bertz CT molecular complexity index is 674. The highest BCUT2D eigenvalue weighted by Gasteiger charge is 2.34. The maximum absolute atomic E-state index is 13.0. The van der Waals surface area contributed by atoms with Gasteiger partial charge in [-0.1, -0.05) is 13.8 Å². The van der Waals surface area contributed by atoms with E-state index in [4.69, 9.17) is 9.15 Å². The number of ether oxygens (including phenoxy) is 1. The number of morpholine rings is 1. The summed E-state index contributed by atoms with van der Waals surface area (Å²) in [5.41, 5.74) is 0. The molecule has 3 rings (SSSR count). The highest BCUT2D eigenvalue weighted by atomic mass is 16.5. The second-order valence-corrected chi connectivity index (χ2v) is 7.71. The number of hydrogen-bond acceptors (Lipinski definition) is 5. The predicted molar refractivity (Wildman–Crippen MR) is 102 cm³/mol. The van der Waals surface area contributed by atoms with Gasteiger partial charge in [-0.05, 0) is 30.9 Å². The molecule has 0 spiro atoms. The van der Waals surface area contributed by atoms with Crippen LogP contribution in [0.2, 0.25) is 0 Å². The van der Waals surface area contributed by atoms with Gasteiger partial charge in [0.05, 0.1) is 19.5 Å². The maximum Gasteiger partial charge on any atom is 0.287 e. The number of likely N-dealkylation sites (tertiary alicyclic amines) is 1. The van der Waals surface area contributed by atoms with E-state index in [1.54, 1.807) is 17.0 Å². The zero-order chi connectivity index (χ0) is 20.1. The van der Waals surface area contributed by atoms with Gasteiger partial charge in [-0.15, -0.1) is 0 Å². The Morgan fingerprint density at radius 1 is 1.07 bits per heavy atom. The van der Waals surface area contributed by atoms with E-state index in [-0.39, 0.29) is 29.4 Å². The van der Waals surface area contributed by atoms with Crippen molar-refractivity contribution in [3.8, 4) is 0 Å². The Kier molecular flexibility index (Phi) is 6.72. The molecule has 2 aliphatic rings. The van der Waals surface area contributed by atoms with Crippen molar-refractivity contribution in [1.82, 2.24) is 15.1 Å². The van der Waals surface area contributed by atoms with Crippen LogP contribution in [0.5, 0.6) is 0 Å². The number of furan rings is 1. The molecule has 8 heteroatoms. The third-order valence-electron chi connectivity index (χ3n) is 5.44. The Hall–Kier alpha value is -2.35. The minimum absolute atomic E-state index is 0.0441. The second-order valence-electron chi connectivity index (χ2n) is 7.71. The molecule has 8 nitrogen and oxygen atoms in total. The lowest BCUT2D eigenvalue weighted by atomic mass is 9.93. The molecule has 1 N–H and O–H groups in total. The lowest BCUT2D eigenvalue weighted by Crippen LogP contribution is -2.54. The largest absolute Gasteiger partial charge is 0.459 e. The molecule has 0 aliphatic carbocycles. The molecular formula is C20H29N3O5. The molecule has 0 saturated carbocycles. The quantitative estimate of drug-likeness (QED) is 0.812. The monoisotopic (exact) mass is 391 g/mol. The third-order valence-corrected chi connectivity index (χ3v) is 5.44. The maximum atomic E-state index is 13.0. The lowest BCUT2D eigenvalue weighted by molar-refractivity contribution is -0.144. The van der Waals surface area contributed by atoms with Crippen LogP contribution in [0, 0.1) is 11.8 Å². The highest BCUT2D eigenvalue weighted by molar-refractivity contribution is 5.95. The molecule has 0 bridgehead atoms. The zero-order valence-electron chi connectivity index (χ0n) is 16.6. The van der Waals surface area contributed by atoms with Gasteiger partial charge in [0.15, 0.2) is 5.76 Å². The summed E-state index contributed by atoms with van der Waals surface area (Å²) >= 11 is 0. The molecule has 28 heavy (non-hydrogen) atoms. The first-order valence-corrected chi connectivity index (χ1v) is 9.97. The van der Waals surface area contributed by atoms with Gasteiger partial charge in [-0.3, -0.25) is 14.4 Å². The van der Waals surface area contributed by atoms with Crippen LogP contribution in [0.15, 0.2) is 22.8 Å². The molecule has 3 heterocycles. The van der Waals surface area contributed by atoms with E-state index in [0.717, 1.165) is 0 Å². The van der Waals surface area contributed by atoms with Gasteiger partial charge >= 0.3 is 0 Å². The number of piperidine rings is 1. The van der Waals surface area contributed by atoms with Crippen LogP contribution < -0.4 is 5.32 Å². The van der Waals surface area contributed by atoms with Crippen LogP contribution in [0.25, 0.3) is 0 Å². The SMILES string of the molecule is CC(C)C(NC(=O)c1ccco1)C(=O)N1CCC(C(=O)N2CCOCC2)CC1. The molecule has 154 valence electrons. The van der Waals surface area contributed by atoms with Gasteiger partial charge in [0.25, 0.3) is 5.91 Å². The number of rotatable bonds is 5. The Morgan fingerprint density at radius 2 is 1.75 bits per heavy atom. The van der Waals surface area contributed by atoms with E-state index in [1.165, 1.54) is 6.26 Å². The van der Waals surface area contributed by atoms with Crippen molar-refractivity contribution < 1.29 is 23.5 Å². The molecular weight excluding hydrogens is 362 g/mol. The fourth-order valence-corrected chi connectivity index (χ4v) is 3.72. The van der Waals surface area contributed by atoms with Crippen LogP contribution in [-0.2, 0) is 14.3 Å². The molecule has 2 fully saturated rings. The summed E-state index contributed by atoms with van der Waals surface area (Å²) in [6.07, 6.45) is 2.73. The van der Waals surface area contributed by atoms with Crippen LogP contribution in [0.3, 0.4) is 0 Å². The smallest absolute Gasteiger partial charge is 0.287 e. The summed E-state index contributed by atoms with van der Waals surface area (Å²) in [6.45, 7) is 7.33. The number of nitrogens with one attached hydrogen (secondary N) is 1. The molecule has 1 aromatic heterocycles. The Morgan fingerprint density at radius 3 is 2.32 bits per heavy atom. The van der Waals surface area contributed by atoms with Crippen molar-refractivity contribution in [3.63, 3.8) is 0 Å². The minimum Gasteiger partial charge on any atom is -0.459 e. The van der Waals surface area contributed by atoms with Crippen molar-refractivity contribution in [2.45, 2.75) is 32.7 Å². The molecule has 1 unspecified atom stereocenters. The van der Waals surface area contributed by atoms with Gasteiger partial charge in [-0.25, -0.2) is 0 Å². The first kappa shape index (κ1) is 20.4. The summed E-state index contributed by atoms with van der Waals surface area (Å²) < 4.78 is 10.4. The van der Waals surface area contributed by atoms with E-state index >= 15 is 0 Å². The van der Waals surface area contributed by atoms with E-state index in [0.29, 0.717) is 52.2 Å². The predicted octanol–water partition coefficient (Wildman–Crippen LogP) is 1.13. The van der Waals surface area contributed by atoms with Crippen LogP contribution >= 0.6 is 0 Å². The highest BCUT2D eigenvalue weighted by Crippen LogP contribution is 2.22. The average Bonchev–Trinajstić information content (AvgIpc) is 3.26. The summed E-state index contributed by atoms with van der Waals surface area (Å²) in [6, 6.07) is 2.58. The normalized spacial score (nSPS) is 19.5. The molecule has 2 aliphatic heterocycles. The van der Waals surface area contributed by atoms with Gasteiger partial charge in [-0.2, -0.15) is 0 Å². The van der Waals surface area contributed by atoms with E-state index in [1.807, 2.05) is 18.7 Å².